The summed E-state index contributed by atoms with van der Waals surface area (Å²) < 4.78 is 4.85. The highest BCUT2D eigenvalue weighted by Gasteiger charge is 2.14. The van der Waals surface area contributed by atoms with Gasteiger partial charge in [0.2, 0.25) is 0 Å². The fraction of sp³-hybridized carbons (Fsp3) is 0.231. The number of nitrogens with one attached hydrogen (secondary N) is 1. The fourth-order valence-electron chi connectivity index (χ4n) is 1.20. The second-order valence-electron chi connectivity index (χ2n) is 3.40. The zero-order valence-electron chi connectivity index (χ0n) is 10.2. The number of ether oxygens (including phenoxy) is 1. The van der Waals surface area contributed by atoms with Crippen molar-refractivity contribution in [3.8, 4) is 12.3 Å². The Morgan fingerprint density at radius 1 is 1.53 bits per heavy atom. The van der Waals surface area contributed by atoms with Gasteiger partial charge in [-0.1, -0.05) is 17.5 Å². The van der Waals surface area contributed by atoms with Crippen LogP contribution in [0.2, 0.25) is 5.02 Å². The van der Waals surface area contributed by atoms with E-state index in [4.69, 9.17) is 22.8 Å². The molecule has 0 aliphatic rings. The lowest BCUT2D eigenvalue weighted by Gasteiger charge is -2.07. The summed E-state index contributed by atoms with van der Waals surface area (Å²) in [5, 5.41) is 2.67. The highest BCUT2D eigenvalue weighted by Crippen LogP contribution is 2.23. The van der Waals surface area contributed by atoms with Crippen molar-refractivity contribution in [2.24, 2.45) is 0 Å². The van der Waals surface area contributed by atoms with Gasteiger partial charge in [0.25, 0.3) is 5.91 Å². The Morgan fingerprint density at radius 2 is 2.26 bits per heavy atom. The Morgan fingerprint density at radius 3 is 2.89 bits per heavy atom. The molecule has 0 aliphatic carbocycles. The molecule has 0 aliphatic heterocycles. The molecule has 100 valence electrons. The standard InChI is InChI=1S/C13H12ClNO3S/c1-3-6-15-12(16)8-18-13(17)10-7-9(19-2)4-5-11(10)14/h1,4-5,7H,6,8H2,2H3,(H,15,16). The molecule has 0 saturated heterocycles. The molecule has 0 radical (unpaired) electrons. The number of halogens is 1. The molecule has 1 aromatic rings. The minimum absolute atomic E-state index is 0.0963. The second-order valence-corrected chi connectivity index (χ2v) is 4.69. The van der Waals surface area contributed by atoms with E-state index in [1.807, 2.05) is 6.26 Å². The van der Waals surface area contributed by atoms with Gasteiger partial charge in [0.15, 0.2) is 6.61 Å². The lowest BCUT2D eigenvalue weighted by Crippen LogP contribution is -2.29. The van der Waals surface area contributed by atoms with Crippen LogP contribution in [0, 0.1) is 12.3 Å². The van der Waals surface area contributed by atoms with Crippen LogP contribution in [0.4, 0.5) is 0 Å². The minimum Gasteiger partial charge on any atom is -0.452 e. The minimum atomic E-state index is -0.642. The molecule has 0 aromatic heterocycles. The third-order valence-corrected chi connectivity index (χ3v) is 3.17. The van der Waals surface area contributed by atoms with Crippen LogP contribution in [0.5, 0.6) is 0 Å². The van der Waals surface area contributed by atoms with Gasteiger partial charge in [-0.05, 0) is 24.5 Å². The van der Waals surface area contributed by atoms with Crippen LogP contribution in [0.15, 0.2) is 23.1 Å². The van der Waals surface area contributed by atoms with Gasteiger partial charge in [0.1, 0.15) is 0 Å². The zero-order chi connectivity index (χ0) is 14.3. The molecule has 4 nitrogen and oxygen atoms in total. The van der Waals surface area contributed by atoms with E-state index < -0.39 is 11.9 Å². The van der Waals surface area contributed by atoms with Crippen molar-refractivity contribution in [1.29, 1.82) is 0 Å². The number of hydrogen-bond acceptors (Lipinski definition) is 4. The average molecular weight is 298 g/mol. The van der Waals surface area contributed by atoms with Gasteiger partial charge in [-0.3, -0.25) is 4.79 Å². The molecule has 0 bridgehead atoms. The Bertz CT molecular complexity index is 525. The van der Waals surface area contributed by atoms with Crippen molar-refractivity contribution >= 4 is 35.2 Å². The number of benzene rings is 1. The summed E-state index contributed by atoms with van der Waals surface area (Å²) in [5.41, 5.74) is 0.235. The van der Waals surface area contributed by atoms with Crippen molar-refractivity contribution in [2.45, 2.75) is 4.90 Å². The Labute approximate surface area is 120 Å². The summed E-state index contributed by atoms with van der Waals surface area (Å²) in [7, 11) is 0. The first kappa shape index (κ1) is 15.4. The number of thioether (sulfide) groups is 1. The van der Waals surface area contributed by atoms with Crippen molar-refractivity contribution < 1.29 is 14.3 Å². The predicted molar refractivity (Wildman–Crippen MR) is 75.4 cm³/mol. The van der Waals surface area contributed by atoms with E-state index in [1.165, 1.54) is 11.8 Å². The Balaban J connectivity index is 2.63. The van der Waals surface area contributed by atoms with Gasteiger partial charge in [-0.15, -0.1) is 18.2 Å². The van der Waals surface area contributed by atoms with Gasteiger partial charge >= 0.3 is 5.97 Å². The summed E-state index contributed by atoms with van der Waals surface area (Å²) in [6.07, 6.45) is 6.86. The highest BCUT2D eigenvalue weighted by atomic mass is 35.5. The van der Waals surface area contributed by atoms with Crippen LogP contribution in [0.3, 0.4) is 0 Å². The molecule has 6 heteroatoms. The number of carbonyl (C=O) groups is 2. The van der Waals surface area contributed by atoms with Gasteiger partial charge in [-0.2, -0.15) is 0 Å². The number of terminal acetylenes is 1. The normalized spacial score (nSPS) is 9.53. The summed E-state index contributed by atoms with van der Waals surface area (Å²) in [4.78, 5) is 23.9. The first-order valence-corrected chi connectivity index (χ1v) is 6.89. The molecule has 1 amide bonds. The molecule has 1 aromatic carbocycles. The van der Waals surface area contributed by atoms with E-state index in [0.717, 1.165) is 4.90 Å². The lowest BCUT2D eigenvalue weighted by molar-refractivity contribution is -0.123. The van der Waals surface area contributed by atoms with Gasteiger partial charge in [0, 0.05) is 4.90 Å². The predicted octanol–water partition coefficient (Wildman–Crippen LogP) is 1.97. The highest BCUT2D eigenvalue weighted by molar-refractivity contribution is 7.98. The molecule has 19 heavy (non-hydrogen) atoms. The monoisotopic (exact) mass is 297 g/mol. The number of esters is 1. The van der Waals surface area contributed by atoms with Gasteiger partial charge < -0.3 is 10.1 Å². The Kier molecular flexibility index (Phi) is 6.26. The van der Waals surface area contributed by atoms with Crippen LogP contribution in [0.1, 0.15) is 10.4 Å². The molecule has 0 fully saturated rings. The van der Waals surface area contributed by atoms with Crippen LogP contribution in [-0.4, -0.2) is 31.3 Å². The number of amides is 1. The van der Waals surface area contributed by atoms with E-state index in [1.54, 1.807) is 18.2 Å². The molecule has 0 spiro atoms. The smallest absolute Gasteiger partial charge is 0.340 e. The van der Waals surface area contributed by atoms with Crippen molar-refractivity contribution in [3.05, 3.63) is 28.8 Å². The molecular weight excluding hydrogens is 286 g/mol. The van der Waals surface area contributed by atoms with E-state index >= 15 is 0 Å². The third kappa shape index (κ3) is 4.86. The van der Waals surface area contributed by atoms with Crippen LogP contribution >= 0.6 is 23.4 Å². The van der Waals surface area contributed by atoms with Crippen LogP contribution in [-0.2, 0) is 9.53 Å². The quantitative estimate of drug-likeness (QED) is 0.513. The third-order valence-electron chi connectivity index (χ3n) is 2.12. The molecule has 0 atom stereocenters. The van der Waals surface area contributed by atoms with E-state index in [0.29, 0.717) is 0 Å². The molecular formula is C13H12ClNO3S. The lowest BCUT2D eigenvalue weighted by atomic mass is 10.2. The summed E-state index contributed by atoms with van der Waals surface area (Å²) in [5.74, 6) is 1.15. The summed E-state index contributed by atoms with van der Waals surface area (Å²) in [6, 6.07) is 5.03. The number of rotatable bonds is 5. The maximum absolute atomic E-state index is 11.8. The van der Waals surface area contributed by atoms with Gasteiger partial charge in [-0.25, -0.2) is 4.79 Å². The van der Waals surface area contributed by atoms with E-state index in [2.05, 4.69) is 11.2 Å². The SMILES string of the molecule is C#CCNC(=O)COC(=O)c1cc(SC)ccc1Cl. The zero-order valence-corrected chi connectivity index (χ0v) is 11.8. The van der Waals surface area contributed by atoms with Crippen molar-refractivity contribution in [3.63, 3.8) is 0 Å². The number of carbonyl (C=O) groups excluding carboxylic acids is 2. The van der Waals surface area contributed by atoms with E-state index in [9.17, 15) is 9.59 Å². The summed E-state index contributed by atoms with van der Waals surface area (Å²) >= 11 is 7.39. The summed E-state index contributed by atoms with van der Waals surface area (Å²) in [6.45, 7) is -0.292. The topological polar surface area (TPSA) is 55.4 Å². The molecule has 0 unspecified atom stereocenters. The fourth-order valence-corrected chi connectivity index (χ4v) is 1.83. The Hall–Kier alpha value is -1.64. The maximum Gasteiger partial charge on any atom is 0.340 e. The molecule has 0 heterocycles. The van der Waals surface area contributed by atoms with Crippen LogP contribution < -0.4 is 5.32 Å². The molecule has 1 N–H and O–H groups in total. The first-order chi connectivity index (χ1) is 9.08. The second kappa shape index (κ2) is 7.72. The van der Waals surface area contributed by atoms with Crippen molar-refractivity contribution in [1.82, 2.24) is 5.32 Å². The average Bonchev–Trinajstić information content (AvgIpc) is 2.43. The van der Waals surface area contributed by atoms with Crippen molar-refractivity contribution in [2.75, 3.05) is 19.4 Å². The maximum atomic E-state index is 11.8. The molecule has 0 saturated carbocycles. The number of hydrogen-bond donors (Lipinski definition) is 1. The largest absolute Gasteiger partial charge is 0.452 e. The molecule has 1 rings (SSSR count). The van der Waals surface area contributed by atoms with E-state index in [-0.39, 0.29) is 23.7 Å². The van der Waals surface area contributed by atoms with Gasteiger partial charge in [0.05, 0.1) is 17.1 Å². The van der Waals surface area contributed by atoms with Crippen LogP contribution in [0.25, 0.3) is 0 Å². The first-order valence-electron chi connectivity index (χ1n) is 5.29.